The quantitative estimate of drug-likeness (QED) is 0.695. The minimum absolute atomic E-state index is 0.0183. The zero-order chi connectivity index (χ0) is 15.0. The summed E-state index contributed by atoms with van der Waals surface area (Å²) < 4.78 is 0. The Balaban J connectivity index is 2.34. The van der Waals surface area contributed by atoms with Crippen molar-refractivity contribution in [1.29, 1.82) is 0 Å². The highest BCUT2D eigenvalue weighted by atomic mass is 16.3. The molecule has 1 saturated heterocycles. The SMILES string of the molecule is C=C(C)CN1CCC(NC(=O)N(CCC)CCO)CC1. The maximum Gasteiger partial charge on any atom is 0.317 e. The summed E-state index contributed by atoms with van der Waals surface area (Å²) >= 11 is 0. The third kappa shape index (κ3) is 5.92. The average molecular weight is 283 g/mol. The molecule has 1 aliphatic heterocycles. The van der Waals surface area contributed by atoms with E-state index < -0.39 is 0 Å². The van der Waals surface area contributed by atoms with Gasteiger partial charge in [-0.1, -0.05) is 19.1 Å². The number of rotatable bonds is 7. The second-order valence-electron chi connectivity index (χ2n) is 5.67. The molecule has 0 aromatic carbocycles. The van der Waals surface area contributed by atoms with E-state index in [1.165, 1.54) is 5.57 Å². The van der Waals surface area contributed by atoms with Crippen molar-refractivity contribution in [1.82, 2.24) is 15.1 Å². The van der Waals surface area contributed by atoms with Crippen molar-refractivity contribution < 1.29 is 9.90 Å². The van der Waals surface area contributed by atoms with E-state index in [0.29, 0.717) is 13.1 Å². The van der Waals surface area contributed by atoms with E-state index in [1.807, 2.05) is 13.8 Å². The predicted molar refractivity (Wildman–Crippen MR) is 81.8 cm³/mol. The maximum atomic E-state index is 12.1. The lowest BCUT2D eigenvalue weighted by atomic mass is 10.0. The molecule has 20 heavy (non-hydrogen) atoms. The molecule has 5 heteroatoms. The van der Waals surface area contributed by atoms with E-state index in [0.717, 1.165) is 38.9 Å². The highest BCUT2D eigenvalue weighted by molar-refractivity contribution is 5.74. The van der Waals surface area contributed by atoms with Crippen LogP contribution < -0.4 is 5.32 Å². The molecule has 0 saturated carbocycles. The summed E-state index contributed by atoms with van der Waals surface area (Å²) in [6.07, 6.45) is 2.88. The summed E-state index contributed by atoms with van der Waals surface area (Å²) in [4.78, 5) is 16.2. The van der Waals surface area contributed by atoms with E-state index in [9.17, 15) is 4.79 Å². The van der Waals surface area contributed by atoms with Crippen LogP contribution in [0, 0.1) is 0 Å². The molecule has 0 unspecified atom stereocenters. The largest absolute Gasteiger partial charge is 0.395 e. The van der Waals surface area contributed by atoms with Crippen LogP contribution in [0.15, 0.2) is 12.2 Å². The summed E-state index contributed by atoms with van der Waals surface area (Å²) in [5, 5.41) is 12.1. The first kappa shape index (κ1) is 17.0. The number of carbonyl (C=O) groups is 1. The number of aliphatic hydroxyl groups excluding tert-OH is 1. The number of urea groups is 1. The first-order valence-corrected chi connectivity index (χ1v) is 7.59. The Bertz CT molecular complexity index is 306. The van der Waals surface area contributed by atoms with Crippen LogP contribution in [0.5, 0.6) is 0 Å². The maximum absolute atomic E-state index is 12.1. The van der Waals surface area contributed by atoms with Crippen LogP contribution >= 0.6 is 0 Å². The van der Waals surface area contributed by atoms with Gasteiger partial charge in [0, 0.05) is 38.8 Å². The van der Waals surface area contributed by atoms with Gasteiger partial charge in [-0.05, 0) is 26.2 Å². The van der Waals surface area contributed by atoms with Crippen LogP contribution in [0.25, 0.3) is 0 Å². The minimum atomic E-state index is -0.0424. The molecule has 1 aliphatic rings. The zero-order valence-electron chi connectivity index (χ0n) is 12.9. The van der Waals surface area contributed by atoms with E-state index in [2.05, 4.69) is 16.8 Å². The third-order valence-electron chi connectivity index (χ3n) is 3.56. The lowest BCUT2D eigenvalue weighted by molar-refractivity contribution is 0.163. The number of aliphatic hydroxyl groups is 1. The zero-order valence-corrected chi connectivity index (χ0v) is 12.9. The number of likely N-dealkylation sites (tertiary alicyclic amines) is 1. The van der Waals surface area contributed by atoms with Crippen LogP contribution in [-0.4, -0.2) is 66.3 Å². The predicted octanol–water partition coefficient (Wildman–Crippen LogP) is 1.44. The van der Waals surface area contributed by atoms with Crippen LogP contribution in [0.4, 0.5) is 4.79 Å². The molecule has 5 nitrogen and oxygen atoms in total. The summed E-state index contributed by atoms with van der Waals surface area (Å²) in [6.45, 7) is 12.1. The molecule has 0 spiro atoms. The van der Waals surface area contributed by atoms with E-state index >= 15 is 0 Å². The Labute approximate surface area is 122 Å². The number of carbonyl (C=O) groups excluding carboxylic acids is 1. The second kappa shape index (κ2) is 8.97. The highest BCUT2D eigenvalue weighted by Gasteiger charge is 2.22. The van der Waals surface area contributed by atoms with Gasteiger partial charge in [0.2, 0.25) is 0 Å². The molecule has 1 fully saturated rings. The lowest BCUT2D eigenvalue weighted by Gasteiger charge is -2.33. The molecule has 0 aromatic heterocycles. The monoisotopic (exact) mass is 283 g/mol. The summed E-state index contributed by atoms with van der Waals surface area (Å²) in [5.74, 6) is 0. The second-order valence-corrected chi connectivity index (χ2v) is 5.67. The number of piperidine rings is 1. The molecule has 0 radical (unpaired) electrons. The molecular formula is C15H29N3O2. The molecular weight excluding hydrogens is 254 g/mol. The molecule has 1 heterocycles. The molecule has 0 aliphatic carbocycles. The Morgan fingerprint density at radius 2 is 2.05 bits per heavy atom. The van der Waals surface area contributed by atoms with Crippen molar-refractivity contribution >= 4 is 6.03 Å². The summed E-state index contributed by atoms with van der Waals surface area (Å²) in [7, 11) is 0. The lowest BCUT2D eigenvalue weighted by Crippen LogP contribution is -2.50. The number of hydrogen-bond acceptors (Lipinski definition) is 3. The van der Waals surface area contributed by atoms with Gasteiger partial charge in [0.1, 0.15) is 0 Å². The van der Waals surface area contributed by atoms with Gasteiger partial charge in [0.05, 0.1) is 6.61 Å². The summed E-state index contributed by atoms with van der Waals surface area (Å²) in [5.41, 5.74) is 1.18. The molecule has 1 rings (SSSR count). The standard InChI is InChI=1S/C15H29N3O2/c1-4-7-18(10-11-19)15(20)16-14-5-8-17(9-6-14)12-13(2)3/h14,19H,2,4-12H2,1,3H3,(H,16,20). The van der Waals surface area contributed by atoms with Crippen LogP contribution in [-0.2, 0) is 0 Å². The van der Waals surface area contributed by atoms with Gasteiger partial charge in [0.15, 0.2) is 0 Å². The summed E-state index contributed by atoms with van der Waals surface area (Å²) in [6, 6.07) is 0.209. The van der Waals surface area contributed by atoms with Crippen LogP contribution in [0.2, 0.25) is 0 Å². The van der Waals surface area contributed by atoms with Crippen LogP contribution in [0.1, 0.15) is 33.1 Å². The topological polar surface area (TPSA) is 55.8 Å². The fourth-order valence-corrected chi connectivity index (χ4v) is 2.59. The van der Waals surface area contributed by atoms with E-state index in [-0.39, 0.29) is 18.7 Å². The van der Waals surface area contributed by atoms with Crippen molar-refractivity contribution in [3.05, 3.63) is 12.2 Å². The van der Waals surface area contributed by atoms with Crippen molar-refractivity contribution in [2.45, 2.75) is 39.2 Å². The van der Waals surface area contributed by atoms with Crippen molar-refractivity contribution in [3.8, 4) is 0 Å². The van der Waals surface area contributed by atoms with Gasteiger partial charge in [0.25, 0.3) is 0 Å². The number of nitrogens with zero attached hydrogens (tertiary/aromatic N) is 2. The average Bonchev–Trinajstić information content (AvgIpc) is 2.40. The molecule has 0 aromatic rings. The number of nitrogens with one attached hydrogen (secondary N) is 1. The Kier molecular flexibility index (Phi) is 7.62. The first-order chi connectivity index (χ1) is 9.56. The number of amides is 2. The van der Waals surface area contributed by atoms with Crippen molar-refractivity contribution in [2.24, 2.45) is 0 Å². The highest BCUT2D eigenvalue weighted by Crippen LogP contribution is 2.12. The normalized spacial score (nSPS) is 16.9. The Morgan fingerprint density at radius 3 is 2.55 bits per heavy atom. The van der Waals surface area contributed by atoms with Gasteiger partial charge in [-0.15, -0.1) is 0 Å². The molecule has 2 N–H and O–H groups in total. The minimum Gasteiger partial charge on any atom is -0.395 e. The van der Waals surface area contributed by atoms with Gasteiger partial charge in [-0.25, -0.2) is 4.79 Å². The molecule has 2 amide bonds. The fraction of sp³-hybridized carbons (Fsp3) is 0.800. The third-order valence-corrected chi connectivity index (χ3v) is 3.56. The van der Waals surface area contributed by atoms with Gasteiger partial charge < -0.3 is 15.3 Å². The van der Waals surface area contributed by atoms with Gasteiger partial charge in [-0.2, -0.15) is 0 Å². The van der Waals surface area contributed by atoms with E-state index in [4.69, 9.17) is 5.11 Å². The first-order valence-electron chi connectivity index (χ1n) is 7.59. The number of hydrogen-bond donors (Lipinski definition) is 2. The molecule has 116 valence electrons. The Morgan fingerprint density at radius 1 is 1.40 bits per heavy atom. The van der Waals surface area contributed by atoms with Gasteiger partial charge >= 0.3 is 6.03 Å². The molecule has 0 bridgehead atoms. The Hall–Kier alpha value is -1.07. The van der Waals surface area contributed by atoms with E-state index in [1.54, 1.807) is 4.90 Å². The van der Waals surface area contributed by atoms with Crippen molar-refractivity contribution in [3.63, 3.8) is 0 Å². The smallest absolute Gasteiger partial charge is 0.317 e. The van der Waals surface area contributed by atoms with Crippen LogP contribution in [0.3, 0.4) is 0 Å². The molecule has 0 atom stereocenters. The van der Waals surface area contributed by atoms with Gasteiger partial charge in [-0.3, -0.25) is 4.90 Å². The van der Waals surface area contributed by atoms with Crippen molar-refractivity contribution in [2.75, 3.05) is 39.3 Å². The fourth-order valence-electron chi connectivity index (χ4n) is 2.59.